The van der Waals surface area contributed by atoms with Gasteiger partial charge >= 0.3 is 0 Å². The highest BCUT2D eigenvalue weighted by Gasteiger charge is 2.16. The third-order valence-corrected chi connectivity index (χ3v) is 6.62. The number of imidazole rings is 1. The summed E-state index contributed by atoms with van der Waals surface area (Å²) in [6.07, 6.45) is 3.53. The zero-order chi connectivity index (χ0) is 21.7. The SMILES string of the molecule is COc1cncc(-c2ccc3[nH]nc(-c4nc5c(-c6ccc(C)s6)cccc5[nH]4)c3c2)c1. The maximum Gasteiger partial charge on any atom is 0.159 e. The van der Waals surface area contributed by atoms with E-state index in [9.17, 15) is 0 Å². The number of aryl methyl sites for hydroxylation is 1. The lowest BCUT2D eigenvalue weighted by Gasteiger charge is -2.04. The fourth-order valence-corrected chi connectivity index (χ4v) is 4.88. The van der Waals surface area contributed by atoms with Crippen LogP contribution in [0.25, 0.3) is 55.0 Å². The van der Waals surface area contributed by atoms with Crippen molar-refractivity contribution in [3.05, 3.63) is 71.9 Å². The van der Waals surface area contributed by atoms with Gasteiger partial charge in [0, 0.05) is 32.5 Å². The topological polar surface area (TPSA) is 79.5 Å². The number of hydrogen-bond acceptors (Lipinski definition) is 5. The second-order valence-corrected chi connectivity index (χ2v) is 8.93. The number of aromatic amines is 2. The molecule has 6 nitrogen and oxygen atoms in total. The van der Waals surface area contributed by atoms with Crippen LogP contribution in [0, 0.1) is 6.92 Å². The van der Waals surface area contributed by atoms with E-state index in [1.54, 1.807) is 24.6 Å². The Hall–Kier alpha value is -3.97. The largest absolute Gasteiger partial charge is 0.495 e. The maximum absolute atomic E-state index is 5.33. The molecule has 0 atom stereocenters. The molecule has 0 aliphatic carbocycles. The predicted molar refractivity (Wildman–Crippen MR) is 129 cm³/mol. The quantitative estimate of drug-likeness (QED) is 0.343. The van der Waals surface area contributed by atoms with Gasteiger partial charge in [0.15, 0.2) is 5.82 Å². The average Bonchev–Trinajstić information content (AvgIpc) is 3.55. The standard InChI is InChI=1S/C25H19N5OS/c1-14-6-9-22(32-14)18-4-3-5-21-23(18)28-25(27-21)24-19-11-15(7-8-20(19)29-30-24)16-10-17(31-2)13-26-12-16/h3-13H,1-2H3,(H,27,28)(H,29,30). The summed E-state index contributed by atoms with van der Waals surface area (Å²) >= 11 is 1.78. The van der Waals surface area contributed by atoms with E-state index >= 15 is 0 Å². The van der Waals surface area contributed by atoms with Gasteiger partial charge in [-0.1, -0.05) is 18.2 Å². The van der Waals surface area contributed by atoms with Crippen LogP contribution in [0.4, 0.5) is 0 Å². The number of H-pyrrole nitrogens is 2. The van der Waals surface area contributed by atoms with E-state index in [4.69, 9.17) is 9.72 Å². The first kappa shape index (κ1) is 18.8. The third-order valence-electron chi connectivity index (χ3n) is 5.59. The molecule has 0 saturated carbocycles. The van der Waals surface area contributed by atoms with Crippen LogP contribution in [0.1, 0.15) is 4.88 Å². The molecule has 0 amide bonds. The number of nitrogens with one attached hydrogen (secondary N) is 2. The molecule has 4 heterocycles. The summed E-state index contributed by atoms with van der Waals surface area (Å²) in [5, 5.41) is 8.71. The van der Waals surface area contributed by atoms with Crippen LogP contribution in [0.3, 0.4) is 0 Å². The first-order valence-electron chi connectivity index (χ1n) is 10.2. The van der Waals surface area contributed by atoms with Crippen LogP contribution in [0.5, 0.6) is 5.75 Å². The average molecular weight is 438 g/mol. The summed E-state index contributed by atoms with van der Waals surface area (Å²) < 4.78 is 5.33. The molecule has 156 valence electrons. The molecule has 2 N–H and O–H groups in total. The molecular formula is C25H19N5OS. The fraction of sp³-hybridized carbons (Fsp3) is 0.0800. The lowest BCUT2D eigenvalue weighted by atomic mass is 10.0. The second kappa shape index (κ2) is 7.32. The van der Waals surface area contributed by atoms with Crippen molar-refractivity contribution < 1.29 is 4.74 Å². The van der Waals surface area contributed by atoms with Crippen molar-refractivity contribution >= 4 is 33.3 Å². The molecule has 0 spiro atoms. The summed E-state index contributed by atoms with van der Waals surface area (Å²) in [6.45, 7) is 2.12. The molecule has 7 heteroatoms. The van der Waals surface area contributed by atoms with Gasteiger partial charge in [0.2, 0.25) is 0 Å². The highest BCUT2D eigenvalue weighted by Crippen LogP contribution is 2.35. The molecule has 0 unspecified atom stereocenters. The first-order chi connectivity index (χ1) is 15.7. The summed E-state index contributed by atoms with van der Waals surface area (Å²) in [5.74, 6) is 1.47. The number of methoxy groups -OCH3 is 1. The third kappa shape index (κ3) is 3.06. The number of fused-ring (bicyclic) bond motifs is 2. The van der Waals surface area contributed by atoms with E-state index in [2.05, 4.69) is 69.6 Å². The Kier molecular flexibility index (Phi) is 4.29. The maximum atomic E-state index is 5.33. The van der Waals surface area contributed by atoms with Gasteiger partial charge in [-0.3, -0.25) is 10.1 Å². The number of ether oxygens (including phenoxy) is 1. The number of nitrogens with zero attached hydrogens (tertiary/aromatic N) is 3. The van der Waals surface area contributed by atoms with Crippen LogP contribution < -0.4 is 4.74 Å². The Labute approximate surface area is 187 Å². The van der Waals surface area contributed by atoms with Gasteiger partial charge < -0.3 is 9.72 Å². The Morgan fingerprint density at radius 3 is 2.72 bits per heavy atom. The Bertz CT molecular complexity index is 1590. The van der Waals surface area contributed by atoms with Crippen molar-refractivity contribution in [3.8, 4) is 38.8 Å². The monoisotopic (exact) mass is 437 g/mol. The number of para-hydroxylation sites is 1. The molecule has 0 fully saturated rings. The minimum Gasteiger partial charge on any atom is -0.495 e. The molecule has 0 radical (unpaired) electrons. The lowest BCUT2D eigenvalue weighted by molar-refractivity contribution is 0.413. The molecule has 2 aromatic carbocycles. The molecule has 4 aromatic heterocycles. The van der Waals surface area contributed by atoms with Crippen LogP contribution in [0.15, 0.2) is 67.0 Å². The number of hydrogen-bond donors (Lipinski definition) is 2. The van der Waals surface area contributed by atoms with Crippen molar-refractivity contribution in [1.29, 1.82) is 0 Å². The number of rotatable bonds is 4. The summed E-state index contributed by atoms with van der Waals surface area (Å²) in [5.41, 5.74) is 6.85. The van der Waals surface area contributed by atoms with E-state index in [0.717, 1.165) is 55.9 Å². The lowest BCUT2D eigenvalue weighted by Crippen LogP contribution is -1.86. The molecular weight excluding hydrogens is 418 g/mol. The van der Waals surface area contributed by atoms with Gasteiger partial charge in [0.25, 0.3) is 0 Å². The van der Waals surface area contributed by atoms with Gasteiger partial charge in [0.05, 0.1) is 29.9 Å². The van der Waals surface area contributed by atoms with Crippen molar-refractivity contribution in [2.75, 3.05) is 7.11 Å². The second-order valence-electron chi connectivity index (χ2n) is 7.64. The van der Waals surface area contributed by atoms with E-state index in [1.807, 2.05) is 18.3 Å². The van der Waals surface area contributed by atoms with Crippen molar-refractivity contribution in [2.24, 2.45) is 0 Å². The number of thiophene rings is 1. The summed E-state index contributed by atoms with van der Waals surface area (Å²) in [6, 6.07) is 18.7. The molecule has 0 bridgehead atoms. The van der Waals surface area contributed by atoms with Gasteiger partial charge in [-0.15, -0.1) is 11.3 Å². The van der Waals surface area contributed by atoms with Gasteiger partial charge in [0.1, 0.15) is 11.4 Å². The zero-order valence-electron chi connectivity index (χ0n) is 17.5. The van der Waals surface area contributed by atoms with Crippen LogP contribution in [-0.2, 0) is 0 Å². The minimum absolute atomic E-state index is 0.726. The smallest absolute Gasteiger partial charge is 0.159 e. The fourth-order valence-electron chi connectivity index (χ4n) is 3.98. The molecule has 6 rings (SSSR count). The van der Waals surface area contributed by atoms with Gasteiger partial charge in [-0.2, -0.15) is 5.10 Å². The Morgan fingerprint density at radius 1 is 0.938 bits per heavy atom. The van der Waals surface area contributed by atoms with Gasteiger partial charge in [-0.05, 0) is 48.9 Å². The Balaban J connectivity index is 1.49. The van der Waals surface area contributed by atoms with Crippen molar-refractivity contribution in [2.45, 2.75) is 6.92 Å². The minimum atomic E-state index is 0.726. The number of aromatic nitrogens is 5. The molecule has 32 heavy (non-hydrogen) atoms. The van der Waals surface area contributed by atoms with E-state index in [-0.39, 0.29) is 0 Å². The van der Waals surface area contributed by atoms with Crippen LogP contribution in [0.2, 0.25) is 0 Å². The first-order valence-corrected chi connectivity index (χ1v) is 11.0. The summed E-state index contributed by atoms with van der Waals surface area (Å²) in [7, 11) is 1.64. The highest BCUT2D eigenvalue weighted by atomic mass is 32.1. The van der Waals surface area contributed by atoms with E-state index in [1.165, 1.54) is 9.75 Å². The van der Waals surface area contributed by atoms with Crippen molar-refractivity contribution in [3.63, 3.8) is 0 Å². The zero-order valence-corrected chi connectivity index (χ0v) is 18.3. The molecule has 6 aromatic rings. The molecule has 0 saturated heterocycles. The Morgan fingerprint density at radius 2 is 1.88 bits per heavy atom. The van der Waals surface area contributed by atoms with Crippen LogP contribution in [-0.4, -0.2) is 32.3 Å². The van der Waals surface area contributed by atoms with Crippen LogP contribution >= 0.6 is 11.3 Å². The summed E-state index contributed by atoms with van der Waals surface area (Å²) in [4.78, 5) is 15.2. The van der Waals surface area contributed by atoms with E-state index in [0.29, 0.717) is 0 Å². The number of pyridine rings is 1. The van der Waals surface area contributed by atoms with Gasteiger partial charge in [-0.25, -0.2) is 4.98 Å². The van der Waals surface area contributed by atoms with E-state index < -0.39 is 0 Å². The normalized spacial score (nSPS) is 11.4. The number of benzene rings is 2. The highest BCUT2D eigenvalue weighted by molar-refractivity contribution is 7.15. The molecule has 0 aliphatic heterocycles. The predicted octanol–water partition coefficient (Wildman–Crippen LogP) is 6.21. The molecule has 0 aliphatic rings. The van der Waals surface area contributed by atoms with Crippen molar-refractivity contribution in [1.82, 2.24) is 25.1 Å².